The topological polar surface area (TPSA) is 56.8 Å². The maximum Gasteiger partial charge on any atom is 0.244 e. The van der Waals surface area contributed by atoms with Gasteiger partial charge in [-0.15, -0.1) is 5.10 Å². The summed E-state index contributed by atoms with van der Waals surface area (Å²) in [6.07, 6.45) is 9.11. The molecule has 1 aromatic heterocycles. The molecule has 2 aliphatic rings. The Kier molecular flexibility index (Phi) is 4.55. The zero-order valence-electron chi connectivity index (χ0n) is 12.6. The van der Waals surface area contributed by atoms with Crippen LogP contribution in [-0.2, 0) is 0 Å². The van der Waals surface area contributed by atoms with Crippen molar-refractivity contribution >= 4 is 5.95 Å². The zero-order valence-corrected chi connectivity index (χ0v) is 12.6. The average Bonchev–Trinajstić information content (AvgIpc) is 2.99. The smallest absolute Gasteiger partial charge is 0.244 e. The SMILES string of the molecule is CNCC1CCN(c2n[nH]c(C3CCCCC3)n2)CC1. The van der Waals surface area contributed by atoms with E-state index in [1.807, 2.05) is 7.05 Å². The van der Waals surface area contributed by atoms with Crippen molar-refractivity contribution in [1.29, 1.82) is 0 Å². The number of H-pyrrole nitrogens is 1. The third-order valence-electron chi connectivity index (χ3n) is 4.87. The van der Waals surface area contributed by atoms with Crippen LogP contribution in [0, 0.1) is 5.92 Å². The summed E-state index contributed by atoms with van der Waals surface area (Å²) in [5.41, 5.74) is 0. The van der Waals surface area contributed by atoms with Crippen molar-refractivity contribution in [2.45, 2.75) is 50.9 Å². The van der Waals surface area contributed by atoms with Gasteiger partial charge in [0.25, 0.3) is 0 Å². The van der Waals surface area contributed by atoms with E-state index in [9.17, 15) is 0 Å². The van der Waals surface area contributed by atoms with E-state index >= 15 is 0 Å². The van der Waals surface area contributed by atoms with Crippen LogP contribution in [0.4, 0.5) is 5.95 Å². The van der Waals surface area contributed by atoms with Crippen molar-refractivity contribution in [3.05, 3.63) is 5.82 Å². The molecule has 0 atom stereocenters. The molecule has 1 saturated carbocycles. The monoisotopic (exact) mass is 277 g/mol. The first-order chi connectivity index (χ1) is 9.86. The molecule has 0 bridgehead atoms. The predicted molar refractivity (Wildman–Crippen MR) is 81.1 cm³/mol. The molecule has 1 aliphatic heterocycles. The Balaban J connectivity index is 1.57. The van der Waals surface area contributed by atoms with Gasteiger partial charge in [-0.1, -0.05) is 19.3 Å². The van der Waals surface area contributed by atoms with E-state index in [1.54, 1.807) is 0 Å². The van der Waals surface area contributed by atoms with Crippen LogP contribution in [0.5, 0.6) is 0 Å². The minimum Gasteiger partial charge on any atom is -0.340 e. The van der Waals surface area contributed by atoms with E-state index in [0.717, 1.165) is 37.3 Å². The minimum atomic E-state index is 0.617. The maximum absolute atomic E-state index is 4.77. The molecule has 2 fully saturated rings. The third kappa shape index (κ3) is 3.14. The van der Waals surface area contributed by atoms with Crippen LogP contribution < -0.4 is 10.2 Å². The number of rotatable bonds is 4. The van der Waals surface area contributed by atoms with Gasteiger partial charge in [0.15, 0.2) is 0 Å². The highest BCUT2D eigenvalue weighted by atomic mass is 15.4. The maximum atomic E-state index is 4.77. The Morgan fingerprint density at radius 1 is 1.15 bits per heavy atom. The summed E-state index contributed by atoms with van der Waals surface area (Å²) in [6, 6.07) is 0. The first kappa shape index (κ1) is 13.9. The second-order valence-corrected chi connectivity index (χ2v) is 6.34. The van der Waals surface area contributed by atoms with Crippen molar-refractivity contribution in [2.24, 2.45) is 5.92 Å². The molecule has 0 amide bonds. The van der Waals surface area contributed by atoms with Gasteiger partial charge >= 0.3 is 0 Å². The molecular weight excluding hydrogens is 250 g/mol. The minimum absolute atomic E-state index is 0.617. The second-order valence-electron chi connectivity index (χ2n) is 6.34. The quantitative estimate of drug-likeness (QED) is 0.886. The van der Waals surface area contributed by atoms with Gasteiger partial charge < -0.3 is 10.2 Å². The molecular formula is C15H27N5. The molecule has 0 aromatic carbocycles. The highest BCUT2D eigenvalue weighted by molar-refractivity contribution is 5.30. The van der Waals surface area contributed by atoms with Crippen LogP contribution in [0.3, 0.4) is 0 Å². The largest absolute Gasteiger partial charge is 0.340 e. The summed E-state index contributed by atoms with van der Waals surface area (Å²) in [5.74, 6) is 3.48. The molecule has 5 nitrogen and oxygen atoms in total. The van der Waals surface area contributed by atoms with Crippen LogP contribution >= 0.6 is 0 Å². The Morgan fingerprint density at radius 2 is 1.90 bits per heavy atom. The molecule has 2 heterocycles. The number of nitrogens with one attached hydrogen (secondary N) is 2. The first-order valence-electron chi connectivity index (χ1n) is 8.18. The van der Waals surface area contributed by atoms with Crippen molar-refractivity contribution in [3.63, 3.8) is 0 Å². The standard InChI is InChI=1S/C15H27N5/c1-16-11-12-7-9-20(10-8-12)15-17-14(18-19-15)13-5-3-2-4-6-13/h12-13,16H,2-11H2,1H3,(H,17,18,19). The molecule has 1 saturated heterocycles. The number of hydrogen-bond donors (Lipinski definition) is 2. The van der Waals surface area contributed by atoms with Gasteiger partial charge in [-0.25, -0.2) is 0 Å². The van der Waals surface area contributed by atoms with E-state index in [4.69, 9.17) is 4.98 Å². The lowest BCUT2D eigenvalue weighted by atomic mass is 9.89. The van der Waals surface area contributed by atoms with E-state index in [0.29, 0.717) is 5.92 Å². The zero-order chi connectivity index (χ0) is 13.8. The summed E-state index contributed by atoms with van der Waals surface area (Å²) in [6.45, 7) is 3.32. The summed E-state index contributed by atoms with van der Waals surface area (Å²) in [4.78, 5) is 7.11. The number of piperidine rings is 1. The highest BCUT2D eigenvalue weighted by Crippen LogP contribution is 2.31. The Labute approximate surface area is 121 Å². The van der Waals surface area contributed by atoms with Crippen LogP contribution in [0.15, 0.2) is 0 Å². The van der Waals surface area contributed by atoms with Gasteiger partial charge in [-0.3, -0.25) is 5.10 Å². The number of anilines is 1. The fourth-order valence-corrected chi connectivity index (χ4v) is 3.59. The lowest BCUT2D eigenvalue weighted by Crippen LogP contribution is -2.37. The molecule has 3 rings (SSSR count). The van der Waals surface area contributed by atoms with E-state index in [1.165, 1.54) is 44.9 Å². The van der Waals surface area contributed by atoms with E-state index in [2.05, 4.69) is 20.4 Å². The molecule has 0 spiro atoms. The number of aromatic nitrogens is 3. The summed E-state index contributed by atoms with van der Waals surface area (Å²) in [7, 11) is 2.04. The van der Waals surface area contributed by atoms with Crippen molar-refractivity contribution in [2.75, 3.05) is 31.6 Å². The van der Waals surface area contributed by atoms with Gasteiger partial charge in [0.1, 0.15) is 5.82 Å². The van der Waals surface area contributed by atoms with Crippen LogP contribution in [0.1, 0.15) is 56.7 Å². The van der Waals surface area contributed by atoms with Gasteiger partial charge in [0.2, 0.25) is 5.95 Å². The molecule has 0 radical (unpaired) electrons. The molecule has 2 N–H and O–H groups in total. The van der Waals surface area contributed by atoms with Gasteiger partial charge in [-0.2, -0.15) is 4.98 Å². The van der Waals surface area contributed by atoms with Crippen LogP contribution in [0.2, 0.25) is 0 Å². The van der Waals surface area contributed by atoms with Gasteiger partial charge in [0, 0.05) is 19.0 Å². The highest BCUT2D eigenvalue weighted by Gasteiger charge is 2.24. The lowest BCUT2D eigenvalue weighted by Gasteiger charge is -2.31. The third-order valence-corrected chi connectivity index (χ3v) is 4.87. The predicted octanol–water partition coefficient (Wildman–Crippen LogP) is 2.29. The normalized spacial score (nSPS) is 22.4. The van der Waals surface area contributed by atoms with E-state index in [-0.39, 0.29) is 0 Å². The van der Waals surface area contributed by atoms with Gasteiger partial charge in [-0.05, 0) is 45.2 Å². The molecule has 112 valence electrons. The van der Waals surface area contributed by atoms with Crippen molar-refractivity contribution in [3.8, 4) is 0 Å². The molecule has 1 aromatic rings. The average molecular weight is 277 g/mol. The fraction of sp³-hybridized carbons (Fsp3) is 0.867. The molecule has 1 aliphatic carbocycles. The Hall–Kier alpha value is -1.10. The van der Waals surface area contributed by atoms with E-state index < -0.39 is 0 Å². The lowest BCUT2D eigenvalue weighted by molar-refractivity contribution is 0.391. The fourth-order valence-electron chi connectivity index (χ4n) is 3.59. The number of nitrogens with zero attached hydrogens (tertiary/aromatic N) is 3. The molecule has 5 heteroatoms. The van der Waals surface area contributed by atoms with Crippen molar-refractivity contribution < 1.29 is 0 Å². The summed E-state index contributed by atoms with van der Waals surface area (Å²) < 4.78 is 0. The molecule has 0 unspecified atom stereocenters. The van der Waals surface area contributed by atoms with Crippen LogP contribution in [0.25, 0.3) is 0 Å². The number of hydrogen-bond acceptors (Lipinski definition) is 4. The van der Waals surface area contributed by atoms with Crippen LogP contribution in [-0.4, -0.2) is 41.9 Å². The summed E-state index contributed by atoms with van der Waals surface area (Å²) in [5, 5.41) is 10.9. The second kappa shape index (κ2) is 6.57. The summed E-state index contributed by atoms with van der Waals surface area (Å²) >= 11 is 0. The first-order valence-corrected chi connectivity index (χ1v) is 8.18. The van der Waals surface area contributed by atoms with Crippen molar-refractivity contribution in [1.82, 2.24) is 20.5 Å². The van der Waals surface area contributed by atoms with Gasteiger partial charge in [0.05, 0.1) is 0 Å². The number of aromatic amines is 1. The Bertz CT molecular complexity index is 402. The molecule has 20 heavy (non-hydrogen) atoms. The Morgan fingerprint density at radius 3 is 2.60 bits per heavy atom.